The van der Waals surface area contributed by atoms with Crippen molar-refractivity contribution < 1.29 is 0 Å². The highest BCUT2D eigenvalue weighted by Gasteiger charge is 2.18. The number of nitrogens with zero attached hydrogens (tertiary/aromatic N) is 2. The number of hydrazine groups is 1. The number of aliphatic imine (C=N–C) groups is 1. The van der Waals surface area contributed by atoms with E-state index >= 15 is 0 Å². The third-order valence-corrected chi connectivity index (χ3v) is 3.34. The van der Waals surface area contributed by atoms with Gasteiger partial charge in [0.2, 0.25) is 5.96 Å². The molecule has 5 nitrogen and oxygen atoms in total. The molecule has 0 spiro atoms. The van der Waals surface area contributed by atoms with Crippen molar-refractivity contribution in [3.05, 3.63) is 0 Å². The minimum atomic E-state index is 0.701. The lowest BCUT2D eigenvalue weighted by molar-refractivity contribution is 0.249. The van der Waals surface area contributed by atoms with E-state index in [1.165, 1.54) is 25.7 Å². The Kier molecular flexibility index (Phi) is 6.96. The Balaban J connectivity index is 2.16. The van der Waals surface area contributed by atoms with Crippen LogP contribution in [-0.4, -0.2) is 43.6 Å². The molecule has 0 radical (unpaired) electrons. The summed E-state index contributed by atoms with van der Waals surface area (Å²) in [5, 5.41) is 3.23. The average molecular weight is 241 g/mol. The van der Waals surface area contributed by atoms with Crippen LogP contribution in [0.5, 0.6) is 0 Å². The first-order valence-electron chi connectivity index (χ1n) is 6.73. The highest BCUT2D eigenvalue weighted by Crippen LogP contribution is 2.21. The maximum Gasteiger partial charge on any atom is 0.205 e. The Morgan fingerprint density at radius 2 is 2.12 bits per heavy atom. The minimum absolute atomic E-state index is 0.701. The van der Waals surface area contributed by atoms with E-state index in [2.05, 4.69) is 34.6 Å². The molecule has 4 N–H and O–H groups in total. The van der Waals surface area contributed by atoms with Crippen molar-refractivity contribution in [2.75, 3.05) is 26.7 Å². The Bertz CT molecular complexity index is 223. The normalized spacial score (nSPS) is 17.8. The third-order valence-electron chi connectivity index (χ3n) is 3.34. The van der Waals surface area contributed by atoms with Crippen LogP contribution >= 0.6 is 0 Å². The topological polar surface area (TPSA) is 65.7 Å². The lowest BCUT2D eigenvalue weighted by atomic mass is 10.2. The van der Waals surface area contributed by atoms with Crippen LogP contribution in [0.2, 0.25) is 0 Å². The van der Waals surface area contributed by atoms with Crippen molar-refractivity contribution >= 4 is 5.96 Å². The van der Waals surface area contributed by atoms with Crippen LogP contribution < -0.4 is 16.6 Å². The Hall–Kier alpha value is -0.810. The largest absolute Gasteiger partial charge is 0.354 e. The highest BCUT2D eigenvalue weighted by atomic mass is 15.3. The summed E-state index contributed by atoms with van der Waals surface area (Å²) in [6.07, 6.45) is 6.51. The molecule has 1 saturated carbocycles. The van der Waals surface area contributed by atoms with Crippen LogP contribution in [-0.2, 0) is 0 Å². The number of hydrogen-bond acceptors (Lipinski definition) is 3. The lowest BCUT2D eigenvalue weighted by Crippen LogP contribution is -2.45. The van der Waals surface area contributed by atoms with Crippen molar-refractivity contribution in [3.8, 4) is 0 Å². The molecule has 100 valence electrons. The van der Waals surface area contributed by atoms with E-state index in [0.29, 0.717) is 5.96 Å². The van der Waals surface area contributed by atoms with Gasteiger partial charge in [0.05, 0.1) is 0 Å². The van der Waals surface area contributed by atoms with Crippen LogP contribution in [0.25, 0.3) is 0 Å². The van der Waals surface area contributed by atoms with E-state index in [1.807, 2.05) is 0 Å². The van der Waals surface area contributed by atoms with Crippen LogP contribution in [0.4, 0.5) is 0 Å². The fraction of sp³-hybridized carbons (Fsp3) is 0.917. The zero-order chi connectivity index (χ0) is 12.5. The van der Waals surface area contributed by atoms with E-state index in [1.54, 1.807) is 0 Å². The molecule has 0 bridgehead atoms. The van der Waals surface area contributed by atoms with E-state index in [9.17, 15) is 0 Å². The van der Waals surface area contributed by atoms with E-state index in [-0.39, 0.29) is 0 Å². The third kappa shape index (κ3) is 5.37. The monoisotopic (exact) mass is 241 g/mol. The molecule has 17 heavy (non-hydrogen) atoms. The second kappa shape index (κ2) is 8.31. The maximum atomic E-state index is 5.40. The van der Waals surface area contributed by atoms with Crippen LogP contribution in [0.3, 0.4) is 0 Å². The van der Waals surface area contributed by atoms with E-state index in [0.717, 1.165) is 32.1 Å². The van der Waals surface area contributed by atoms with Gasteiger partial charge in [-0.2, -0.15) is 0 Å². The standard InChI is InChI=1S/C12H27N5/c1-3-8-14-12(16-13)15-9-10-17(2)11-6-4-5-7-11/h11H,3-10,13H2,1-2H3,(H2,14,15,16). The van der Waals surface area contributed by atoms with Gasteiger partial charge in [0.15, 0.2) is 0 Å². The lowest BCUT2D eigenvalue weighted by Gasteiger charge is -2.24. The van der Waals surface area contributed by atoms with E-state index < -0.39 is 0 Å². The summed E-state index contributed by atoms with van der Waals surface area (Å²) in [6.45, 7) is 4.84. The smallest absolute Gasteiger partial charge is 0.205 e. The van der Waals surface area contributed by atoms with Gasteiger partial charge in [-0.3, -0.25) is 10.4 Å². The van der Waals surface area contributed by atoms with Gasteiger partial charge in [0.25, 0.3) is 0 Å². The highest BCUT2D eigenvalue weighted by molar-refractivity contribution is 5.79. The summed E-state index contributed by atoms with van der Waals surface area (Å²) >= 11 is 0. The van der Waals surface area contributed by atoms with Gasteiger partial charge in [-0.05, 0) is 26.3 Å². The number of hydrogen-bond donors (Lipinski definition) is 3. The first-order valence-corrected chi connectivity index (χ1v) is 6.73. The van der Waals surface area contributed by atoms with Gasteiger partial charge in [0, 0.05) is 25.7 Å². The molecule has 0 amide bonds. The Labute approximate surface area is 105 Å². The predicted octanol–water partition coefficient (Wildman–Crippen LogP) is 0.680. The summed E-state index contributed by atoms with van der Waals surface area (Å²) in [4.78, 5) is 6.74. The van der Waals surface area contributed by atoms with Gasteiger partial charge >= 0.3 is 0 Å². The van der Waals surface area contributed by atoms with Gasteiger partial charge in [-0.25, -0.2) is 5.84 Å². The predicted molar refractivity (Wildman–Crippen MR) is 72.8 cm³/mol. The number of likely N-dealkylation sites (N-methyl/N-ethyl adjacent to an activating group) is 1. The first kappa shape index (κ1) is 14.3. The minimum Gasteiger partial charge on any atom is -0.354 e. The Morgan fingerprint density at radius 1 is 1.41 bits per heavy atom. The summed E-state index contributed by atoms with van der Waals surface area (Å²) < 4.78 is 0. The van der Waals surface area contributed by atoms with Crippen LogP contribution in [0.15, 0.2) is 4.99 Å². The van der Waals surface area contributed by atoms with Crippen molar-refractivity contribution in [3.63, 3.8) is 0 Å². The molecule has 1 aliphatic carbocycles. The summed E-state index contributed by atoms with van der Waals surface area (Å²) in [7, 11) is 2.20. The molecule has 0 aliphatic heterocycles. The summed E-state index contributed by atoms with van der Waals surface area (Å²) in [5.74, 6) is 6.10. The maximum absolute atomic E-state index is 5.40. The Morgan fingerprint density at radius 3 is 2.71 bits per heavy atom. The fourth-order valence-electron chi connectivity index (χ4n) is 2.25. The fourth-order valence-corrected chi connectivity index (χ4v) is 2.25. The molecule has 1 rings (SSSR count). The number of nitrogens with two attached hydrogens (primary N) is 1. The molecular formula is C12H27N5. The molecule has 0 aromatic heterocycles. The number of nitrogens with one attached hydrogen (secondary N) is 2. The zero-order valence-electron chi connectivity index (χ0n) is 11.2. The zero-order valence-corrected chi connectivity index (χ0v) is 11.2. The molecule has 0 aromatic rings. The molecular weight excluding hydrogens is 214 g/mol. The van der Waals surface area contributed by atoms with E-state index in [4.69, 9.17) is 5.84 Å². The van der Waals surface area contributed by atoms with Crippen molar-refractivity contribution in [1.29, 1.82) is 0 Å². The van der Waals surface area contributed by atoms with Crippen molar-refractivity contribution in [2.45, 2.75) is 45.1 Å². The van der Waals surface area contributed by atoms with Crippen molar-refractivity contribution in [2.24, 2.45) is 10.8 Å². The quantitative estimate of drug-likeness (QED) is 0.277. The molecule has 0 heterocycles. The van der Waals surface area contributed by atoms with Crippen LogP contribution in [0.1, 0.15) is 39.0 Å². The van der Waals surface area contributed by atoms with Crippen molar-refractivity contribution in [1.82, 2.24) is 15.6 Å². The first-order chi connectivity index (χ1) is 8.27. The number of rotatable bonds is 6. The number of guanidine groups is 1. The molecule has 0 saturated heterocycles. The second-order valence-electron chi connectivity index (χ2n) is 4.72. The van der Waals surface area contributed by atoms with Gasteiger partial charge in [-0.15, -0.1) is 0 Å². The summed E-state index contributed by atoms with van der Waals surface area (Å²) in [5.41, 5.74) is 2.60. The van der Waals surface area contributed by atoms with Crippen LogP contribution in [0, 0.1) is 0 Å². The van der Waals surface area contributed by atoms with Gasteiger partial charge in [-0.1, -0.05) is 19.8 Å². The molecule has 1 aliphatic rings. The molecule has 5 heteroatoms. The molecule has 0 aromatic carbocycles. The average Bonchev–Trinajstić information content (AvgIpc) is 2.87. The molecule has 0 unspecified atom stereocenters. The summed E-state index contributed by atoms with van der Waals surface area (Å²) in [6, 6.07) is 0.777. The molecule has 1 fully saturated rings. The van der Waals surface area contributed by atoms with Gasteiger partial charge in [0.1, 0.15) is 0 Å². The SMILES string of the molecule is CCCN=C(NN)NCCN(C)C1CCCC1. The van der Waals surface area contributed by atoms with Gasteiger partial charge < -0.3 is 10.2 Å². The molecule has 0 atom stereocenters. The second-order valence-corrected chi connectivity index (χ2v) is 4.72.